The van der Waals surface area contributed by atoms with Gasteiger partial charge in [0, 0.05) is 5.56 Å². The van der Waals surface area contributed by atoms with Crippen LogP contribution in [-0.4, -0.2) is 4.98 Å². The van der Waals surface area contributed by atoms with Crippen molar-refractivity contribution in [2.75, 3.05) is 0 Å². The summed E-state index contributed by atoms with van der Waals surface area (Å²) < 4.78 is 13.9. The summed E-state index contributed by atoms with van der Waals surface area (Å²) in [4.78, 5) is 4.10. The fraction of sp³-hybridized carbons (Fsp3) is 0.533. The van der Waals surface area contributed by atoms with Gasteiger partial charge in [0.2, 0.25) is 5.95 Å². The standard InChI is InChI=1S/C15H20FN/c1-15(2,3)10-12-8-9-13(17-14(12)16)11-6-4-5-7-11/h6,8-9H,4-5,7,10H2,1-3H3. The highest BCUT2D eigenvalue weighted by Gasteiger charge is 2.16. The second kappa shape index (κ2) is 4.59. The highest BCUT2D eigenvalue weighted by Crippen LogP contribution is 2.28. The average Bonchev–Trinajstić information content (AvgIpc) is 2.72. The molecular weight excluding hydrogens is 213 g/mol. The van der Waals surface area contributed by atoms with Gasteiger partial charge < -0.3 is 0 Å². The predicted molar refractivity (Wildman–Crippen MR) is 69.2 cm³/mol. The first-order valence-electron chi connectivity index (χ1n) is 6.30. The number of rotatable bonds is 2. The molecule has 2 rings (SSSR count). The zero-order chi connectivity index (χ0) is 12.5. The minimum Gasteiger partial charge on any atom is -0.220 e. The molecule has 0 fully saturated rings. The number of aromatic nitrogens is 1. The van der Waals surface area contributed by atoms with Gasteiger partial charge in [0.1, 0.15) is 0 Å². The lowest BCUT2D eigenvalue weighted by Gasteiger charge is -2.18. The summed E-state index contributed by atoms with van der Waals surface area (Å²) in [7, 11) is 0. The lowest BCUT2D eigenvalue weighted by molar-refractivity contribution is 0.398. The van der Waals surface area contributed by atoms with E-state index in [-0.39, 0.29) is 11.4 Å². The third kappa shape index (κ3) is 3.15. The van der Waals surface area contributed by atoms with E-state index in [4.69, 9.17) is 0 Å². The molecule has 0 aliphatic heterocycles. The van der Waals surface area contributed by atoms with Crippen LogP contribution in [-0.2, 0) is 6.42 Å². The van der Waals surface area contributed by atoms with Crippen LogP contribution in [0.5, 0.6) is 0 Å². The largest absolute Gasteiger partial charge is 0.220 e. The van der Waals surface area contributed by atoms with Crippen LogP contribution >= 0.6 is 0 Å². The molecule has 1 aliphatic rings. The lowest BCUT2D eigenvalue weighted by Crippen LogP contribution is -2.11. The van der Waals surface area contributed by atoms with E-state index in [1.54, 1.807) is 0 Å². The smallest absolute Gasteiger partial charge is 0.216 e. The van der Waals surface area contributed by atoms with Crippen LogP contribution in [0.3, 0.4) is 0 Å². The third-order valence-corrected chi connectivity index (χ3v) is 3.02. The molecule has 2 heteroatoms. The summed E-state index contributed by atoms with van der Waals surface area (Å²) in [6, 6.07) is 3.85. The molecule has 1 heterocycles. The molecule has 0 N–H and O–H groups in total. The van der Waals surface area contributed by atoms with Crippen LogP contribution in [0.25, 0.3) is 5.57 Å². The molecule has 1 aromatic rings. The Morgan fingerprint density at radius 1 is 1.29 bits per heavy atom. The van der Waals surface area contributed by atoms with E-state index in [9.17, 15) is 4.39 Å². The van der Waals surface area contributed by atoms with Gasteiger partial charge in [-0.1, -0.05) is 32.9 Å². The Balaban J connectivity index is 2.22. The molecule has 1 aliphatic carbocycles. The van der Waals surface area contributed by atoms with Gasteiger partial charge >= 0.3 is 0 Å². The van der Waals surface area contributed by atoms with E-state index in [1.165, 1.54) is 12.0 Å². The molecule has 0 saturated carbocycles. The fourth-order valence-corrected chi connectivity index (χ4v) is 2.25. The molecule has 17 heavy (non-hydrogen) atoms. The molecule has 0 saturated heterocycles. The van der Waals surface area contributed by atoms with Crippen LogP contribution < -0.4 is 0 Å². The summed E-state index contributed by atoms with van der Waals surface area (Å²) in [5, 5.41) is 0. The molecule has 0 spiro atoms. The second-order valence-corrected chi connectivity index (χ2v) is 6.01. The van der Waals surface area contributed by atoms with E-state index in [2.05, 4.69) is 31.8 Å². The molecule has 92 valence electrons. The maximum absolute atomic E-state index is 13.9. The third-order valence-electron chi connectivity index (χ3n) is 3.02. The van der Waals surface area contributed by atoms with E-state index in [0.29, 0.717) is 0 Å². The SMILES string of the molecule is CC(C)(C)Cc1ccc(C2=CCCC2)nc1F. The highest BCUT2D eigenvalue weighted by molar-refractivity contribution is 5.64. The van der Waals surface area contributed by atoms with Crippen molar-refractivity contribution in [2.24, 2.45) is 5.41 Å². The number of hydrogen-bond acceptors (Lipinski definition) is 1. The minimum atomic E-state index is -0.301. The Morgan fingerprint density at radius 2 is 2.06 bits per heavy atom. The van der Waals surface area contributed by atoms with Gasteiger partial charge in [0.25, 0.3) is 0 Å². The van der Waals surface area contributed by atoms with Crippen LogP contribution in [0.1, 0.15) is 51.3 Å². The molecule has 1 nitrogen and oxygen atoms in total. The van der Waals surface area contributed by atoms with Gasteiger partial charge in [-0.25, -0.2) is 4.98 Å². The van der Waals surface area contributed by atoms with Gasteiger partial charge in [-0.2, -0.15) is 4.39 Å². The van der Waals surface area contributed by atoms with Crippen LogP contribution in [0.2, 0.25) is 0 Å². The van der Waals surface area contributed by atoms with Gasteiger partial charge in [0.05, 0.1) is 5.69 Å². The Kier molecular flexibility index (Phi) is 3.32. The maximum Gasteiger partial charge on any atom is 0.216 e. The Morgan fingerprint density at radius 3 is 2.59 bits per heavy atom. The number of allylic oxidation sites excluding steroid dienone is 2. The second-order valence-electron chi connectivity index (χ2n) is 6.01. The van der Waals surface area contributed by atoms with Gasteiger partial charge in [-0.15, -0.1) is 0 Å². The highest BCUT2D eigenvalue weighted by atomic mass is 19.1. The minimum absolute atomic E-state index is 0.0939. The Hall–Kier alpha value is -1.18. The van der Waals surface area contributed by atoms with Gasteiger partial charge in [0.15, 0.2) is 0 Å². The van der Waals surface area contributed by atoms with Gasteiger partial charge in [-0.05, 0) is 42.7 Å². The van der Waals surface area contributed by atoms with Crippen molar-refractivity contribution >= 4 is 5.57 Å². The first kappa shape index (κ1) is 12.3. The van der Waals surface area contributed by atoms with Crippen LogP contribution in [0.15, 0.2) is 18.2 Å². The van der Waals surface area contributed by atoms with Crippen molar-refractivity contribution < 1.29 is 4.39 Å². The van der Waals surface area contributed by atoms with E-state index in [0.717, 1.165) is 30.5 Å². The molecule has 0 amide bonds. The number of halogens is 1. The molecule has 0 atom stereocenters. The van der Waals surface area contributed by atoms with Crippen molar-refractivity contribution in [3.8, 4) is 0 Å². The average molecular weight is 233 g/mol. The molecule has 1 aromatic heterocycles. The van der Waals surface area contributed by atoms with Crippen molar-refractivity contribution in [1.29, 1.82) is 0 Å². The topological polar surface area (TPSA) is 12.9 Å². The summed E-state index contributed by atoms with van der Waals surface area (Å²) in [5.74, 6) is -0.301. The zero-order valence-electron chi connectivity index (χ0n) is 10.9. The normalized spacial score (nSPS) is 16.1. The predicted octanol–water partition coefficient (Wildman–Crippen LogP) is 4.38. The van der Waals surface area contributed by atoms with Crippen LogP contribution in [0, 0.1) is 11.4 Å². The number of hydrogen-bond donors (Lipinski definition) is 0. The number of nitrogens with zero attached hydrogens (tertiary/aromatic N) is 1. The fourth-order valence-electron chi connectivity index (χ4n) is 2.25. The van der Waals surface area contributed by atoms with E-state index >= 15 is 0 Å². The molecule has 0 radical (unpaired) electrons. The molecular formula is C15H20FN. The number of pyridine rings is 1. The first-order chi connectivity index (χ1) is 7.96. The Labute approximate surface area is 103 Å². The van der Waals surface area contributed by atoms with Crippen molar-refractivity contribution in [3.63, 3.8) is 0 Å². The van der Waals surface area contributed by atoms with Crippen molar-refractivity contribution in [3.05, 3.63) is 35.4 Å². The van der Waals surface area contributed by atoms with E-state index in [1.807, 2.05) is 12.1 Å². The summed E-state index contributed by atoms with van der Waals surface area (Å²) in [5.41, 5.74) is 2.83. The molecule has 0 aromatic carbocycles. The summed E-state index contributed by atoms with van der Waals surface area (Å²) in [6.07, 6.45) is 6.20. The van der Waals surface area contributed by atoms with Crippen molar-refractivity contribution in [1.82, 2.24) is 4.98 Å². The zero-order valence-corrected chi connectivity index (χ0v) is 10.9. The maximum atomic E-state index is 13.9. The quantitative estimate of drug-likeness (QED) is 0.691. The first-order valence-corrected chi connectivity index (χ1v) is 6.30. The van der Waals surface area contributed by atoms with Crippen LogP contribution in [0.4, 0.5) is 4.39 Å². The summed E-state index contributed by atoms with van der Waals surface area (Å²) in [6.45, 7) is 6.33. The summed E-state index contributed by atoms with van der Waals surface area (Å²) >= 11 is 0. The van der Waals surface area contributed by atoms with E-state index < -0.39 is 0 Å². The van der Waals surface area contributed by atoms with Gasteiger partial charge in [-0.3, -0.25) is 0 Å². The van der Waals surface area contributed by atoms with Crippen molar-refractivity contribution in [2.45, 2.75) is 46.5 Å². The molecule has 0 unspecified atom stereocenters. The Bertz CT molecular complexity index is 441. The molecule has 0 bridgehead atoms. The lowest BCUT2D eigenvalue weighted by atomic mass is 9.88. The monoisotopic (exact) mass is 233 g/mol.